The van der Waals surface area contributed by atoms with Crippen LogP contribution in [0.15, 0.2) is 10.7 Å². The number of terminal acetylenes is 1. The lowest BCUT2D eigenvalue weighted by molar-refractivity contribution is 0.988. The maximum Gasteiger partial charge on any atom is 0.223 e. The summed E-state index contributed by atoms with van der Waals surface area (Å²) in [5, 5.41) is 0. The van der Waals surface area contributed by atoms with Crippen LogP contribution >= 0.6 is 15.9 Å². The average molecular weight is 241 g/mol. The van der Waals surface area contributed by atoms with Crippen LogP contribution in [0.25, 0.3) is 0 Å². The van der Waals surface area contributed by atoms with Crippen LogP contribution in [-0.4, -0.2) is 23.6 Å². The lowest BCUT2D eigenvalue weighted by atomic mass is 10.5. The molecule has 0 bridgehead atoms. The topological polar surface area (TPSA) is 55.0 Å². The Kier molecular flexibility index (Phi) is 3.09. The second kappa shape index (κ2) is 4.10. The molecular weight excluding hydrogens is 232 g/mol. The van der Waals surface area contributed by atoms with E-state index in [4.69, 9.17) is 12.2 Å². The summed E-state index contributed by atoms with van der Waals surface area (Å²) in [4.78, 5) is 9.71. The number of nitrogens with two attached hydrogens (primary N) is 1. The van der Waals surface area contributed by atoms with Crippen molar-refractivity contribution in [2.45, 2.75) is 0 Å². The first-order chi connectivity index (χ1) is 6.13. The lowest BCUT2D eigenvalue weighted by Crippen LogP contribution is -2.19. The first-order valence-corrected chi connectivity index (χ1v) is 4.37. The molecule has 0 unspecified atom stereocenters. The zero-order chi connectivity index (χ0) is 9.84. The molecule has 1 aromatic rings. The van der Waals surface area contributed by atoms with E-state index < -0.39 is 0 Å². The van der Waals surface area contributed by atoms with Crippen LogP contribution in [0.1, 0.15) is 0 Å². The van der Waals surface area contributed by atoms with Gasteiger partial charge in [0.15, 0.2) is 0 Å². The van der Waals surface area contributed by atoms with E-state index in [2.05, 4.69) is 31.8 Å². The predicted molar refractivity (Wildman–Crippen MR) is 56.2 cm³/mol. The number of nitrogen functional groups attached to an aromatic ring is 1. The van der Waals surface area contributed by atoms with Crippen molar-refractivity contribution in [3.8, 4) is 12.3 Å². The summed E-state index contributed by atoms with van der Waals surface area (Å²) in [5.41, 5.74) is 5.46. The van der Waals surface area contributed by atoms with Crippen molar-refractivity contribution in [3.05, 3.63) is 10.7 Å². The van der Waals surface area contributed by atoms with Gasteiger partial charge in [-0.2, -0.15) is 4.98 Å². The minimum atomic E-state index is 0.230. The van der Waals surface area contributed by atoms with E-state index in [0.717, 1.165) is 0 Å². The second-order valence-electron chi connectivity index (χ2n) is 2.47. The molecule has 0 aromatic carbocycles. The molecule has 0 aliphatic heterocycles. The van der Waals surface area contributed by atoms with Crippen LogP contribution in [0.5, 0.6) is 0 Å². The third kappa shape index (κ3) is 2.60. The molecule has 0 amide bonds. The molecule has 2 N–H and O–H groups in total. The number of halogens is 1. The van der Waals surface area contributed by atoms with Crippen molar-refractivity contribution < 1.29 is 0 Å². The third-order valence-electron chi connectivity index (χ3n) is 1.42. The SMILES string of the molecule is C#CCN(C)c1cc(Br)nc(N)n1. The Morgan fingerprint density at radius 1 is 1.69 bits per heavy atom. The van der Waals surface area contributed by atoms with Gasteiger partial charge in [0.25, 0.3) is 0 Å². The molecule has 1 heterocycles. The minimum Gasteiger partial charge on any atom is -0.368 e. The van der Waals surface area contributed by atoms with Crippen molar-refractivity contribution in [3.63, 3.8) is 0 Å². The summed E-state index contributed by atoms with van der Waals surface area (Å²) < 4.78 is 0.652. The van der Waals surface area contributed by atoms with Crippen LogP contribution < -0.4 is 10.6 Å². The number of rotatable bonds is 2. The van der Waals surface area contributed by atoms with Gasteiger partial charge in [-0.25, -0.2) is 4.98 Å². The molecule has 1 rings (SSSR count). The number of hydrogen-bond acceptors (Lipinski definition) is 4. The van der Waals surface area contributed by atoms with Crippen molar-refractivity contribution in [2.24, 2.45) is 0 Å². The molecule has 5 heteroatoms. The van der Waals surface area contributed by atoms with Gasteiger partial charge in [0.1, 0.15) is 10.4 Å². The number of aromatic nitrogens is 2. The van der Waals surface area contributed by atoms with Gasteiger partial charge in [0.05, 0.1) is 6.54 Å². The highest BCUT2D eigenvalue weighted by Crippen LogP contribution is 2.15. The molecule has 1 aromatic heterocycles. The highest BCUT2D eigenvalue weighted by Gasteiger charge is 2.03. The Balaban J connectivity index is 2.95. The molecule has 13 heavy (non-hydrogen) atoms. The standard InChI is InChI=1S/C8H9BrN4/c1-3-4-13(2)7-5-6(9)11-8(10)12-7/h1,5H,4H2,2H3,(H2,10,11,12). The summed E-state index contributed by atoms with van der Waals surface area (Å²) in [6.07, 6.45) is 5.16. The quantitative estimate of drug-likeness (QED) is 0.617. The fourth-order valence-electron chi connectivity index (χ4n) is 0.836. The molecule has 0 atom stereocenters. The zero-order valence-electron chi connectivity index (χ0n) is 7.16. The van der Waals surface area contributed by atoms with Gasteiger partial charge in [0.2, 0.25) is 5.95 Å². The Hall–Kier alpha value is -1.28. The van der Waals surface area contributed by atoms with Gasteiger partial charge >= 0.3 is 0 Å². The third-order valence-corrected chi connectivity index (χ3v) is 1.82. The normalized spacial score (nSPS) is 9.31. The Labute approximate surface area is 85.3 Å². The van der Waals surface area contributed by atoms with E-state index >= 15 is 0 Å². The van der Waals surface area contributed by atoms with Gasteiger partial charge in [-0.15, -0.1) is 6.42 Å². The van der Waals surface area contributed by atoms with Crippen LogP contribution in [0, 0.1) is 12.3 Å². The fourth-order valence-corrected chi connectivity index (χ4v) is 1.22. The molecule has 4 nitrogen and oxygen atoms in total. The van der Waals surface area contributed by atoms with Crippen LogP contribution in [-0.2, 0) is 0 Å². The zero-order valence-corrected chi connectivity index (χ0v) is 8.74. The van der Waals surface area contributed by atoms with Gasteiger partial charge < -0.3 is 10.6 Å². The maximum absolute atomic E-state index is 5.46. The van der Waals surface area contributed by atoms with Crippen molar-refractivity contribution >= 4 is 27.7 Å². The molecule has 0 aliphatic rings. The Morgan fingerprint density at radius 3 is 2.92 bits per heavy atom. The average Bonchev–Trinajstić information content (AvgIpc) is 2.03. The number of hydrogen-bond donors (Lipinski definition) is 1. The molecule has 0 radical (unpaired) electrons. The second-order valence-corrected chi connectivity index (χ2v) is 3.28. The molecule has 0 saturated heterocycles. The Bertz CT molecular complexity index is 324. The van der Waals surface area contributed by atoms with Crippen molar-refractivity contribution in [2.75, 3.05) is 24.2 Å². The van der Waals surface area contributed by atoms with Gasteiger partial charge in [0, 0.05) is 13.1 Å². The number of anilines is 2. The monoisotopic (exact) mass is 240 g/mol. The van der Waals surface area contributed by atoms with Gasteiger partial charge in [-0.3, -0.25) is 0 Å². The van der Waals surface area contributed by atoms with Gasteiger partial charge in [-0.1, -0.05) is 5.92 Å². The maximum atomic E-state index is 5.46. The predicted octanol–water partition coefficient (Wildman–Crippen LogP) is 0.891. The number of nitrogens with zero attached hydrogens (tertiary/aromatic N) is 3. The highest BCUT2D eigenvalue weighted by molar-refractivity contribution is 9.10. The molecule has 68 valence electrons. The van der Waals surface area contributed by atoms with E-state index in [1.807, 2.05) is 11.9 Å². The van der Waals surface area contributed by atoms with E-state index in [1.54, 1.807) is 6.07 Å². The van der Waals surface area contributed by atoms with E-state index in [-0.39, 0.29) is 5.95 Å². The first-order valence-electron chi connectivity index (χ1n) is 3.58. The van der Waals surface area contributed by atoms with Crippen LogP contribution in [0.3, 0.4) is 0 Å². The molecule has 0 aliphatic carbocycles. The summed E-state index contributed by atoms with van der Waals surface area (Å²) >= 11 is 3.22. The molecule has 0 fully saturated rings. The van der Waals surface area contributed by atoms with E-state index in [0.29, 0.717) is 17.0 Å². The molecular formula is C8H9BrN4. The van der Waals surface area contributed by atoms with Crippen LogP contribution in [0.4, 0.5) is 11.8 Å². The molecule has 0 spiro atoms. The largest absolute Gasteiger partial charge is 0.368 e. The molecule has 0 saturated carbocycles. The van der Waals surface area contributed by atoms with Crippen molar-refractivity contribution in [1.82, 2.24) is 9.97 Å². The van der Waals surface area contributed by atoms with E-state index in [9.17, 15) is 0 Å². The first kappa shape index (κ1) is 9.81. The van der Waals surface area contributed by atoms with Crippen LogP contribution in [0.2, 0.25) is 0 Å². The smallest absolute Gasteiger partial charge is 0.223 e. The van der Waals surface area contributed by atoms with Crippen molar-refractivity contribution in [1.29, 1.82) is 0 Å². The highest BCUT2D eigenvalue weighted by atomic mass is 79.9. The summed E-state index contributed by atoms with van der Waals surface area (Å²) in [7, 11) is 1.84. The minimum absolute atomic E-state index is 0.230. The summed E-state index contributed by atoms with van der Waals surface area (Å²) in [6, 6.07) is 1.76. The summed E-state index contributed by atoms with van der Waals surface area (Å²) in [6.45, 7) is 0.489. The lowest BCUT2D eigenvalue weighted by Gasteiger charge is -2.14. The van der Waals surface area contributed by atoms with E-state index in [1.165, 1.54) is 0 Å². The van der Waals surface area contributed by atoms with Gasteiger partial charge in [-0.05, 0) is 15.9 Å². The fraction of sp³-hybridized carbons (Fsp3) is 0.250. The Morgan fingerprint density at radius 2 is 2.38 bits per heavy atom. The summed E-state index contributed by atoms with van der Waals surface area (Å²) in [5.74, 6) is 3.45.